The van der Waals surface area contributed by atoms with E-state index in [2.05, 4.69) is 5.43 Å². The molecule has 3 rings (SSSR count). The molecule has 0 aliphatic carbocycles. The molecule has 0 spiro atoms. The molecule has 2 aromatic rings. The van der Waals surface area contributed by atoms with Crippen molar-refractivity contribution in [2.24, 2.45) is 5.41 Å². The van der Waals surface area contributed by atoms with Crippen molar-refractivity contribution in [2.75, 3.05) is 14.2 Å². The van der Waals surface area contributed by atoms with Crippen molar-refractivity contribution in [3.63, 3.8) is 0 Å². The van der Waals surface area contributed by atoms with Gasteiger partial charge < -0.3 is 18.8 Å². The number of methoxy groups -OCH3 is 2. The van der Waals surface area contributed by atoms with Crippen LogP contribution in [0, 0.1) is 19.3 Å². The van der Waals surface area contributed by atoms with Gasteiger partial charge in [-0.3, -0.25) is 15.0 Å². The lowest BCUT2D eigenvalue weighted by Crippen LogP contribution is -2.56. The SMILES string of the molecule is CCC(N(NC(=O)c1cccc(B2OC(C)(C)C(C)(C)O2)c1C)C(=O)c1cc(OC)c(C)c(OC)c1)C(C)(C)C. The second-order valence-corrected chi connectivity index (χ2v) is 12.5. The van der Waals surface area contributed by atoms with Gasteiger partial charge in [0.1, 0.15) is 11.5 Å². The van der Waals surface area contributed by atoms with E-state index in [1.165, 1.54) is 5.01 Å². The monoisotopic (exact) mass is 552 g/mol. The average molecular weight is 553 g/mol. The maximum Gasteiger partial charge on any atom is 0.495 e. The van der Waals surface area contributed by atoms with E-state index < -0.39 is 24.2 Å². The van der Waals surface area contributed by atoms with Crippen LogP contribution in [-0.2, 0) is 9.31 Å². The minimum atomic E-state index is -0.610. The normalized spacial score (nSPS) is 16.9. The van der Waals surface area contributed by atoms with Crippen molar-refractivity contribution in [3.05, 3.63) is 52.6 Å². The van der Waals surface area contributed by atoms with E-state index in [1.807, 2.05) is 81.4 Å². The molecule has 2 aromatic carbocycles. The van der Waals surface area contributed by atoms with Crippen LogP contribution < -0.4 is 20.4 Å². The fourth-order valence-electron chi connectivity index (χ4n) is 5.10. The lowest BCUT2D eigenvalue weighted by molar-refractivity contribution is 0.00578. The van der Waals surface area contributed by atoms with E-state index in [9.17, 15) is 9.59 Å². The first-order chi connectivity index (χ1) is 18.5. The van der Waals surface area contributed by atoms with Crippen LogP contribution in [0.1, 0.15) is 93.7 Å². The molecule has 0 aromatic heterocycles. The van der Waals surface area contributed by atoms with Gasteiger partial charge in [0, 0.05) is 16.7 Å². The maximum absolute atomic E-state index is 14.1. The molecule has 2 amide bonds. The molecule has 1 atom stereocenters. The van der Waals surface area contributed by atoms with E-state index >= 15 is 0 Å². The molecule has 1 heterocycles. The van der Waals surface area contributed by atoms with Crippen LogP contribution in [0.4, 0.5) is 0 Å². The molecule has 1 aliphatic heterocycles. The van der Waals surface area contributed by atoms with Crippen LogP contribution in [0.25, 0.3) is 0 Å². The number of rotatable bonds is 7. The fourth-order valence-corrected chi connectivity index (χ4v) is 5.10. The summed E-state index contributed by atoms with van der Waals surface area (Å²) in [5.41, 5.74) is 4.69. The summed E-state index contributed by atoms with van der Waals surface area (Å²) >= 11 is 0. The predicted molar refractivity (Wildman–Crippen MR) is 158 cm³/mol. The molecule has 8 nitrogen and oxygen atoms in total. The van der Waals surface area contributed by atoms with Gasteiger partial charge in [0.2, 0.25) is 0 Å². The number of nitrogens with zero attached hydrogens (tertiary/aromatic N) is 1. The first kappa shape index (κ1) is 31.5. The van der Waals surface area contributed by atoms with Crippen molar-refractivity contribution in [1.29, 1.82) is 0 Å². The number of ether oxygens (including phenoxy) is 2. The number of hydrogen-bond acceptors (Lipinski definition) is 6. The number of carbonyl (C=O) groups is 2. The number of hydrazine groups is 1. The topological polar surface area (TPSA) is 86.3 Å². The standard InChI is InChI=1S/C31H45BN2O6/c1-13-26(29(4,5)6)34(28(36)21-17-24(37-11)20(3)25(18-21)38-12)33-27(35)22-15-14-16-23(19(22)2)32-39-30(7,8)31(9,10)40-32/h14-18,26H,13H2,1-12H3,(H,33,35). The molecule has 1 saturated heterocycles. The van der Waals surface area contributed by atoms with Crippen molar-refractivity contribution in [2.45, 2.75) is 92.9 Å². The quantitative estimate of drug-likeness (QED) is 0.374. The van der Waals surface area contributed by atoms with E-state index in [0.29, 0.717) is 29.0 Å². The fraction of sp³-hybridized carbons (Fsp3) is 0.548. The van der Waals surface area contributed by atoms with E-state index in [4.69, 9.17) is 18.8 Å². The first-order valence-electron chi connectivity index (χ1n) is 13.8. The van der Waals surface area contributed by atoms with Crippen LogP contribution in [0.5, 0.6) is 11.5 Å². The molecule has 218 valence electrons. The third-order valence-electron chi connectivity index (χ3n) is 8.27. The molecule has 1 unspecified atom stereocenters. The minimum absolute atomic E-state index is 0.297. The number of benzene rings is 2. The Morgan fingerprint density at radius 1 is 0.975 bits per heavy atom. The van der Waals surface area contributed by atoms with Gasteiger partial charge >= 0.3 is 7.12 Å². The van der Waals surface area contributed by atoms with E-state index in [1.54, 1.807) is 32.4 Å². The van der Waals surface area contributed by atoms with Crippen LogP contribution in [0.15, 0.2) is 30.3 Å². The van der Waals surface area contributed by atoms with Crippen LogP contribution in [0.2, 0.25) is 0 Å². The lowest BCUT2D eigenvalue weighted by atomic mass is 9.75. The Balaban J connectivity index is 2.02. The first-order valence-corrected chi connectivity index (χ1v) is 13.8. The zero-order valence-electron chi connectivity index (χ0n) is 26.1. The van der Waals surface area contributed by atoms with Gasteiger partial charge in [0.05, 0.1) is 31.5 Å². The van der Waals surface area contributed by atoms with E-state index in [0.717, 1.165) is 16.6 Å². The Labute approximate surface area is 239 Å². The summed E-state index contributed by atoms with van der Waals surface area (Å²) in [6, 6.07) is 8.53. The van der Waals surface area contributed by atoms with Gasteiger partial charge in [-0.2, -0.15) is 0 Å². The Morgan fingerprint density at radius 3 is 1.95 bits per heavy atom. The highest BCUT2D eigenvalue weighted by molar-refractivity contribution is 6.62. The Hall–Kier alpha value is -3.04. The van der Waals surface area contributed by atoms with Gasteiger partial charge in [-0.05, 0) is 82.6 Å². The molecule has 1 fully saturated rings. The summed E-state index contributed by atoms with van der Waals surface area (Å²) in [6.45, 7) is 19.9. The van der Waals surface area contributed by atoms with Gasteiger partial charge in [0.15, 0.2) is 0 Å². The second kappa shape index (κ2) is 11.5. The average Bonchev–Trinajstić information content (AvgIpc) is 3.08. The summed E-state index contributed by atoms with van der Waals surface area (Å²) in [5, 5.41) is 1.45. The predicted octanol–water partition coefficient (Wildman–Crippen LogP) is 5.23. The van der Waals surface area contributed by atoms with Gasteiger partial charge in [0.25, 0.3) is 11.8 Å². The maximum atomic E-state index is 14.1. The van der Waals surface area contributed by atoms with E-state index in [-0.39, 0.29) is 17.4 Å². The Morgan fingerprint density at radius 2 is 1.50 bits per heavy atom. The number of hydrogen-bond donors (Lipinski definition) is 1. The molecule has 1 N–H and O–H groups in total. The third kappa shape index (κ3) is 6.00. The zero-order valence-corrected chi connectivity index (χ0v) is 26.1. The smallest absolute Gasteiger partial charge is 0.495 e. The van der Waals surface area contributed by atoms with Gasteiger partial charge in [-0.1, -0.05) is 39.8 Å². The molecule has 40 heavy (non-hydrogen) atoms. The highest BCUT2D eigenvalue weighted by atomic mass is 16.7. The minimum Gasteiger partial charge on any atom is -0.496 e. The largest absolute Gasteiger partial charge is 0.496 e. The molecule has 1 aliphatic rings. The number of carbonyl (C=O) groups excluding carboxylic acids is 2. The Kier molecular flexibility index (Phi) is 9.02. The van der Waals surface area contributed by atoms with Crippen molar-refractivity contribution >= 4 is 24.4 Å². The second-order valence-electron chi connectivity index (χ2n) is 12.5. The summed E-state index contributed by atoms with van der Waals surface area (Å²) < 4.78 is 23.5. The molecule has 0 bridgehead atoms. The summed E-state index contributed by atoms with van der Waals surface area (Å²) in [5.74, 6) is 0.317. The summed E-state index contributed by atoms with van der Waals surface area (Å²) in [7, 11) is 2.49. The van der Waals surface area contributed by atoms with Crippen LogP contribution in [-0.4, -0.2) is 55.4 Å². The van der Waals surface area contributed by atoms with Crippen molar-refractivity contribution in [3.8, 4) is 11.5 Å². The number of nitrogens with one attached hydrogen (secondary N) is 1. The number of amides is 2. The lowest BCUT2D eigenvalue weighted by Gasteiger charge is -2.39. The molecular formula is C31H45BN2O6. The van der Waals surface area contributed by atoms with Gasteiger partial charge in [-0.25, -0.2) is 5.01 Å². The Bertz CT molecular complexity index is 1230. The third-order valence-corrected chi connectivity index (χ3v) is 8.27. The highest BCUT2D eigenvalue weighted by Gasteiger charge is 2.52. The molecule has 0 saturated carbocycles. The van der Waals surface area contributed by atoms with Crippen LogP contribution >= 0.6 is 0 Å². The summed E-state index contributed by atoms with van der Waals surface area (Å²) in [4.78, 5) is 27.9. The van der Waals surface area contributed by atoms with Crippen molar-refractivity contribution < 1.29 is 28.4 Å². The van der Waals surface area contributed by atoms with Crippen molar-refractivity contribution in [1.82, 2.24) is 10.4 Å². The highest BCUT2D eigenvalue weighted by Crippen LogP contribution is 2.37. The molecular weight excluding hydrogens is 507 g/mol. The molecule has 9 heteroatoms. The molecule has 0 radical (unpaired) electrons. The van der Waals surface area contributed by atoms with Crippen LogP contribution in [0.3, 0.4) is 0 Å². The summed E-state index contributed by atoms with van der Waals surface area (Å²) in [6.07, 6.45) is 0.628. The zero-order chi connectivity index (χ0) is 30.2. The van der Waals surface area contributed by atoms with Gasteiger partial charge in [-0.15, -0.1) is 0 Å².